The number of esters is 1. The lowest BCUT2D eigenvalue weighted by atomic mass is 10.1. The summed E-state index contributed by atoms with van der Waals surface area (Å²) in [6.07, 6.45) is 1.41. The van der Waals surface area contributed by atoms with Crippen LogP contribution in [0.5, 0.6) is 11.5 Å². The fraction of sp³-hybridized carbons (Fsp3) is 0.292. The highest BCUT2D eigenvalue weighted by Gasteiger charge is 2.17. The zero-order valence-corrected chi connectivity index (χ0v) is 18.9. The number of carbonyl (C=O) groups is 2. The number of rotatable bonds is 10. The minimum absolute atomic E-state index is 0.0912. The maximum atomic E-state index is 12.6. The van der Waals surface area contributed by atoms with Crippen molar-refractivity contribution in [3.63, 3.8) is 0 Å². The number of carbonyl (C=O) groups excluding carboxylic acids is 2. The molecule has 2 aromatic rings. The summed E-state index contributed by atoms with van der Waals surface area (Å²) in [6.45, 7) is 5.54. The van der Waals surface area contributed by atoms with Gasteiger partial charge in [-0.2, -0.15) is 5.26 Å². The number of hydrogen-bond donors (Lipinski definition) is 1. The Labute approximate surface area is 192 Å². The number of halogens is 1. The van der Waals surface area contributed by atoms with Gasteiger partial charge >= 0.3 is 5.97 Å². The fourth-order valence-corrected chi connectivity index (χ4v) is 3.10. The van der Waals surface area contributed by atoms with Crippen molar-refractivity contribution in [2.24, 2.45) is 0 Å². The van der Waals surface area contributed by atoms with Crippen molar-refractivity contribution in [1.82, 2.24) is 5.32 Å². The fourth-order valence-electron chi connectivity index (χ4n) is 2.82. The van der Waals surface area contributed by atoms with Crippen molar-refractivity contribution in [2.45, 2.75) is 26.8 Å². The van der Waals surface area contributed by atoms with Crippen molar-refractivity contribution >= 4 is 29.6 Å². The second-order valence-electron chi connectivity index (χ2n) is 6.63. The van der Waals surface area contributed by atoms with E-state index in [9.17, 15) is 14.9 Å². The van der Waals surface area contributed by atoms with Gasteiger partial charge in [-0.15, -0.1) is 0 Å². The molecule has 0 aliphatic heterocycles. The SMILES string of the molecule is CCOC(=O)COc1c(Cl)cc(/C=C(/C#N)C(=O)N[C@@H](C)c2ccccc2)cc1OCC. The van der Waals surface area contributed by atoms with Crippen LogP contribution in [-0.2, 0) is 14.3 Å². The van der Waals surface area contributed by atoms with Gasteiger partial charge in [0.25, 0.3) is 5.91 Å². The number of benzene rings is 2. The van der Waals surface area contributed by atoms with Gasteiger partial charge in [-0.25, -0.2) is 4.79 Å². The van der Waals surface area contributed by atoms with Gasteiger partial charge in [-0.3, -0.25) is 4.79 Å². The van der Waals surface area contributed by atoms with Gasteiger partial charge in [-0.05, 0) is 50.1 Å². The van der Waals surface area contributed by atoms with Gasteiger partial charge in [0, 0.05) is 0 Å². The lowest BCUT2D eigenvalue weighted by Gasteiger charge is -2.15. The van der Waals surface area contributed by atoms with Gasteiger partial charge in [0.05, 0.1) is 24.3 Å². The Bertz CT molecular complexity index is 1020. The molecule has 0 unspecified atom stereocenters. The molecule has 0 saturated heterocycles. The van der Waals surface area contributed by atoms with E-state index in [0.29, 0.717) is 12.2 Å². The molecule has 1 N–H and O–H groups in total. The Morgan fingerprint density at radius 2 is 1.88 bits per heavy atom. The van der Waals surface area contributed by atoms with Gasteiger partial charge < -0.3 is 19.5 Å². The standard InChI is InChI=1S/C24H25ClN2O5/c1-4-30-21-13-17(12-20(25)23(21)32-15-22(28)31-5-2)11-19(14-26)24(29)27-16(3)18-9-7-6-8-10-18/h6-13,16H,4-5,15H2,1-3H3,(H,27,29)/b19-11-/t16-/m0/s1. The van der Waals surface area contributed by atoms with E-state index in [2.05, 4.69) is 5.32 Å². The van der Waals surface area contributed by atoms with Crippen LogP contribution >= 0.6 is 11.6 Å². The minimum Gasteiger partial charge on any atom is -0.490 e. The monoisotopic (exact) mass is 456 g/mol. The van der Waals surface area contributed by atoms with Crippen molar-refractivity contribution in [3.8, 4) is 17.6 Å². The highest BCUT2D eigenvalue weighted by Crippen LogP contribution is 2.37. The number of nitrogens with one attached hydrogen (secondary N) is 1. The summed E-state index contributed by atoms with van der Waals surface area (Å²) in [6, 6.07) is 14.2. The first kappa shape index (κ1) is 24.8. The number of ether oxygens (including phenoxy) is 3. The lowest BCUT2D eigenvalue weighted by molar-refractivity contribution is -0.145. The third-order valence-electron chi connectivity index (χ3n) is 4.29. The normalized spacial score (nSPS) is 11.8. The summed E-state index contributed by atoms with van der Waals surface area (Å²) in [7, 11) is 0. The molecule has 0 aromatic heterocycles. The summed E-state index contributed by atoms with van der Waals surface area (Å²) in [5, 5.41) is 12.5. The van der Waals surface area contributed by atoms with Gasteiger partial charge in [0.15, 0.2) is 18.1 Å². The molecule has 8 heteroatoms. The van der Waals surface area contributed by atoms with E-state index in [-0.39, 0.29) is 41.4 Å². The second-order valence-corrected chi connectivity index (χ2v) is 7.04. The van der Waals surface area contributed by atoms with Gasteiger partial charge in [-0.1, -0.05) is 41.9 Å². The third kappa shape index (κ3) is 7.03. The lowest BCUT2D eigenvalue weighted by Crippen LogP contribution is -2.27. The summed E-state index contributed by atoms with van der Waals surface area (Å²) in [5.41, 5.74) is 1.30. The predicted molar refractivity (Wildman–Crippen MR) is 121 cm³/mol. The molecular weight excluding hydrogens is 432 g/mol. The molecule has 2 aromatic carbocycles. The zero-order chi connectivity index (χ0) is 23.5. The van der Waals surface area contributed by atoms with Crippen molar-refractivity contribution in [2.75, 3.05) is 19.8 Å². The van der Waals surface area contributed by atoms with Gasteiger partial charge in [0.2, 0.25) is 0 Å². The maximum Gasteiger partial charge on any atom is 0.344 e. The molecule has 1 amide bonds. The van der Waals surface area contributed by atoms with E-state index in [1.165, 1.54) is 12.1 Å². The molecule has 168 valence electrons. The molecule has 0 radical (unpaired) electrons. The Morgan fingerprint density at radius 3 is 2.50 bits per heavy atom. The van der Waals surface area contributed by atoms with Crippen LogP contribution in [-0.4, -0.2) is 31.7 Å². The highest BCUT2D eigenvalue weighted by atomic mass is 35.5. The summed E-state index contributed by atoms with van der Waals surface area (Å²) < 4.78 is 15.9. The van der Waals surface area contributed by atoms with Crippen molar-refractivity contribution in [1.29, 1.82) is 5.26 Å². The van der Waals surface area contributed by atoms with Crippen LogP contribution in [0.4, 0.5) is 0 Å². The smallest absolute Gasteiger partial charge is 0.344 e. The average Bonchev–Trinajstić information content (AvgIpc) is 2.77. The molecule has 2 rings (SSSR count). The van der Waals surface area contributed by atoms with Crippen molar-refractivity contribution in [3.05, 3.63) is 64.2 Å². The third-order valence-corrected chi connectivity index (χ3v) is 4.58. The van der Waals surface area contributed by atoms with Crippen LogP contribution in [0.3, 0.4) is 0 Å². The maximum absolute atomic E-state index is 12.6. The Balaban J connectivity index is 2.25. The average molecular weight is 457 g/mol. The quantitative estimate of drug-likeness (QED) is 0.322. The number of amides is 1. The Kier molecular flexibility index (Phi) is 9.58. The van der Waals surface area contributed by atoms with Crippen molar-refractivity contribution < 1.29 is 23.8 Å². The Morgan fingerprint density at radius 1 is 1.16 bits per heavy atom. The number of nitrogens with zero attached hydrogens (tertiary/aromatic N) is 1. The molecular formula is C24H25ClN2O5. The molecule has 0 fully saturated rings. The molecule has 0 saturated carbocycles. The van der Waals surface area contributed by atoms with Crippen LogP contribution in [0.2, 0.25) is 5.02 Å². The van der Waals surface area contributed by atoms with E-state index in [0.717, 1.165) is 5.56 Å². The number of hydrogen-bond acceptors (Lipinski definition) is 6. The zero-order valence-electron chi connectivity index (χ0n) is 18.2. The minimum atomic E-state index is -0.536. The summed E-state index contributed by atoms with van der Waals surface area (Å²) in [5.74, 6) is -0.586. The molecule has 32 heavy (non-hydrogen) atoms. The molecule has 7 nitrogen and oxygen atoms in total. The topological polar surface area (TPSA) is 97.7 Å². The van der Waals surface area contributed by atoms with E-state index >= 15 is 0 Å². The van der Waals surface area contributed by atoms with Crippen LogP contribution < -0.4 is 14.8 Å². The molecule has 0 bridgehead atoms. The summed E-state index contributed by atoms with van der Waals surface area (Å²) >= 11 is 6.33. The van der Waals surface area contributed by atoms with Crippen LogP contribution in [0.1, 0.15) is 37.9 Å². The van der Waals surface area contributed by atoms with E-state index in [1.54, 1.807) is 19.9 Å². The molecule has 0 aliphatic carbocycles. The summed E-state index contributed by atoms with van der Waals surface area (Å²) in [4.78, 5) is 24.2. The van der Waals surface area contributed by atoms with Crippen LogP contribution in [0.15, 0.2) is 48.0 Å². The predicted octanol–water partition coefficient (Wildman–Crippen LogP) is 4.46. The highest BCUT2D eigenvalue weighted by molar-refractivity contribution is 6.32. The molecule has 0 spiro atoms. The first-order valence-corrected chi connectivity index (χ1v) is 10.5. The first-order chi connectivity index (χ1) is 15.4. The van der Waals surface area contributed by atoms with E-state index < -0.39 is 11.9 Å². The van der Waals surface area contributed by atoms with Crippen LogP contribution in [0, 0.1) is 11.3 Å². The van der Waals surface area contributed by atoms with E-state index in [1.807, 2.05) is 43.3 Å². The van der Waals surface area contributed by atoms with Gasteiger partial charge in [0.1, 0.15) is 11.6 Å². The molecule has 0 heterocycles. The molecule has 1 atom stereocenters. The Hall–Kier alpha value is -3.50. The second kappa shape index (κ2) is 12.4. The molecule has 0 aliphatic rings. The van der Waals surface area contributed by atoms with E-state index in [4.69, 9.17) is 25.8 Å². The van der Waals surface area contributed by atoms with Crippen LogP contribution in [0.25, 0.3) is 6.08 Å². The first-order valence-electron chi connectivity index (χ1n) is 10.1. The largest absolute Gasteiger partial charge is 0.490 e. The number of nitriles is 1.